The molecule has 0 saturated carbocycles. The summed E-state index contributed by atoms with van der Waals surface area (Å²) in [5.74, 6) is 1.11. The summed E-state index contributed by atoms with van der Waals surface area (Å²) in [6, 6.07) is 11.9. The molecule has 110 valence electrons. The highest BCUT2D eigenvalue weighted by atomic mass is 35.5. The summed E-state index contributed by atoms with van der Waals surface area (Å²) in [6.07, 6.45) is 0. The fourth-order valence-corrected chi connectivity index (χ4v) is 2.02. The lowest BCUT2D eigenvalue weighted by Gasteiger charge is -2.08. The molecule has 0 bridgehead atoms. The minimum atomic E-state index is -0.171. The molecule has 3 nitrogen and oxygen atoms in total. The molecule has 0 aliphatic carbocycles. The highest BCUT2D eigenvalue weighted by molar-refractivity contribution is 6.42. The number of carbonyl (C=O) groups excluding carboxylic acids is 1. The van der Waals surface area contributed by atoms with Crippen LogP contribution in [0, 0.1) is 0 Å². The van der Waals surface area contributed by atoms with Crippen molar-refractivity contribution < 1.29 is 14.3 Å². The van der Waals surface area contributed by atoms with Crippen LogP contribution in [0.5, 0.6) is 11.5 Å². The fourth-order valence-electron chi connectivity index (χ4n) is 1.72. The van der Waals surface area contributed by atoms with Gasteiger partial charge in [-0.1, -0.05) is 29.3 Å². The van der Waals surface area contributed by atoms with Crippen LogP contribution >= 0.6 is 23.2 Å². The maximum absolute atomic E-state index is 12.0. The molecule has 2 aromatic carbocycles. The lowest BCUT2D eigenvalue weighted by Crippen LogP contribution is -2.11. The van der Waals surface area contributed by atoms with Crippen LogP contribution in [0.15, 0.2) is 42.5 Å². The summed E-state index contributed by atoms with van der Waals surface area (Å²) in [6.45, 7) is 2.40. The van der Waals surface area contributed by atoms with E-state index in [-0.39, 0.29) is 12.4 Å². The zero-order valence-corrected chi connectivity index (χ0v) is 12.9. The number of hydrogen-bond acceptors (Lipinski definition) is 3. The van der Waals surface area contributed by atoms with Gasteiger partial charge < -0.3 is 9.47 Å². The van der Waals surface area contributed by atoms with Gasteiger partial charge in [-0.25, -0.2) is 0 Å². The molecule has 0 unspecified atom stereocenters. The first-order valence-electron chi connectivity index (χ1n) is 6.44. The third kappa shape index (κ3) is 4.38. The van der Waals surface area contributed by atoms with Gasteiger partial charge in [-0.3, -0.25) is 4.79 Å². The maximum Gasteiger partial charge on any atom is 0.200 e. The molecule has 0 amide bonds. The molecule has 0 aromatic heterocycles. The Morgan fingerprint density at radius 1 is 1.00 bits per heavy atom. The molecule has 0 heterocycles. The lowest BCUT2D eigenvalue weighted by atomic mass is 10.1. The summed E-state index contributed by atoms with van der Waals surface area (Å²) in [5, 5.41) is 0.763. The van der Waals surface area contributed by atoms with Crippen molar-refractivity contribution in [3.8, 4) is 11.5 Å². The van der Waals surface area contributed by atoms with Crippen LogP contribution in [0.1, 0.15) is 17.3 Å². The average molecular weight is 325 g/mol. The van der Waals surface area contributed by atoms with E-state index < -0.39 is 0 Å². The molecular formula is C16H14Cl2O3. The number of rotatable bonds is 6. The number of hydrogen-bond donors (Lipinski definition) is 0. The van der Waals surface area contributed by atoms with Gasteiger partial charge >= 0.3 is 0 Å². The smallest absolute Gasteiger partial charge is 0.200 e. The maximum atomic E-state index is 12.0. The second-order valence-electron chi connectivity index (χ2n) is 4.25. The van der Waals surface area contributed by atoms with Crippen molar-refractivity contribution in [1.29, 1.82) is 0 Å². The van der Waals surface area contributed by atoms with E-state index in [1.807, 2.05) is 19.1 Å². The highest BCUT2D eigenvalue weighted by Gasteiger charge is 2.09. The molecule has 0 spiro atoms. The Morgan fingerprint density at radius 2 is 1.71 bits per heavy atom. The number of halogens is 2. The van der Waals surface area contributed by atoms with Crippen molar-refractivity contribution in [2.45, 2.75) is 6.92 Å². The number of ketones is 1. The van der Waals surface area contributed by atoms with Gasteiger partial charge in [0.2, 0.25) is 0 Å². The van der Waals surface area contributed by atoms with Gasteiger partial charge in [0.1, 0.15) is 11.5 Å². The Morgan fingerprint density at radius 3 is 2.38 bits per heavy atom. The van der Waals surface area contributed by atoms with Crippen molar-refractivity contribution in [2.75, 3.05) is 13.2 Å². The molecule has 0 N–H and O–H groups in total. The first-order chi connectivity index (χ1) is 10.1. The minimum absolute atomic E-state index is 0.0759. The number of benzene rings is 2. The summed E-state index contributed by atoms with van der Waals surface area (Å²) < 4.78 is 10.8. The van der Waals surface area contributed by atoms with E-state index in [0.717, 1.165) is 0 Å². The highest BCUT2D eigenvalue weighted by Crippen LogP contribution is 2.23. The molecule has 21 heavy (non-hydrogen) atoms. The number of carbonyl (C=O) groups is 1. The SMILES string of the molecule is CCOc1cccc(OCC(=O)c2ccc(Cl)c(Cl)c2)c1. The molecule has 5 heteroatoms. The molecule has 0 atom stereocenters. The van der Waals surface area contributed by atoms with Crippen LogP contribution < -0.4 is 9.47 Å². The van der Waals surface area contributed by atoms with Gasteiger partial charge in [0.15, 0.2) is 12.4 Å². The Hall–Kier alpha value is -1.71. The second-order valence-corrected chi connectivity index (χ2v) is 5.06. The van der Waals surface area contributed by atoms with Crippen LogP contribution in [0.4, 0.5) is 0 Å². The van der Waals surface area contributed by atoms with E-state index in [1.165, 1.54) is 6.07 Å². The Balaban J connectivity index is 2.00. The molecule has 0 radical (unpaired) electrons. The molecule has 2 aromatic rings. The predicted octanol–water partition coefficient (Wildman–Crippen LogP) is 4.65. The van der Waals surface area contributed by atoms with Gasteiger partial charge in [0, 0.05) is 11.6 Å². The molecule has 0 saturated heterocycles. The standard InChI is InChI=1S/C16H14Cl2O3/c1-2-20-12-4-3-5-13(9-12)21-10-16(19)11-6-7-14(17)15(18)8-11/h3-9H,2,10H2,1H3. The average Bonchev–Trinajstić information content (AvgIpc) is 2.48. The molecule has 0 aliphatic heterocycles. The Bertz CT molecular complexity index is 641. The molecule has 0 aliphatic rings. The van der Waals surface area contributed by atoms with Crippen LogP contribution in [-0.4, -0.2) is 19.0 Å². The largest absolute Gasteiger partial charge is 0.494 e. The summed E-state index contributed by atoms with van der Waals surface area (Å²) in [5.41, 5.74) is 0.463. The van der Waals surface area contributed by atoms with E-state index in [2.05, 4.69) is 0 Å². The third-order valence-corrected chi connectivity index (χ3v) is 3.47. The zero-order chi connectivity index (χ0) is 15.2. The topological polar surface area (TPSA) is 35.5 Å². The summed E-state index contributed by atoms with van der Waals surface area (Å²) in [4.78, 5) is 12.0. The van der Waals surface area contributed by atoms with E-state index in [0.29, 0.717) is 33.7 Å². The zero-order valence-electron chi connectivity index (χ0n) is 11.4. The minimum Gasteiger partial charge on any atom is -0.494 e. The van der Waals surface area contributed by atoms with Crippen molar-refractivity contribution in [3.63, 3.8) is 0 Å². The molecular weight excluding hydrogens is 311 g/mol. The normalized spacial score (nSPS) is 10.2. The van der Waals surface area contributed by atoms with Gasteiger partial charge in [-0.15, -0.1) is 0 Å². The molecule has 2 rings (SSSR count). The van der Waals surface area contributed by atoms with E-state index >= 15 is 0 Å². The van der Waals surface area contributed by atoms with Gasteiger partial charge in [0.25, 0.3) is 0 Å². The summed E-state index contributed by atoms with van der Waals surface area (Å²) in [7, 11) is 0. The van der Waals surface area contributed by atoms with Crippen LogP contribution in [0.3, 0.4) is 0 Å². The summed E-state index contributed by atoms with van der Waals surface area (Å²) >= 11 is 11.7. The monoisotopic (exact) mass is 324 g/mol. The van der Waals surface area contributed by atoms with Crippen molar-refractivity contribution in [2.24, 2.45) is 0 Å². The first-order valence-corrected chi connectivity index (χ1v) is 7.19. The van der Waals surface area contributed by atoms with Crippen LogP contribution in [0.2, 0.25) is 10.0 Å². The first kappa shape index (κ1) is 15.7. The molecule has 0 fully saturated rings. The quantitative estimate of drug-likeness (QED) is 0.725. The Labute approximate surface area is 133 Å². The number of Topliss-reactive ketones (excluding diaryl/α,β-unsaturated/α-hetero) is 1. The van der Waals surface area contributed by atoms with Crippen LogP contribution in [0.25, 0.3) is 0 Å². The van der Waals surface area contributed by atoms with Gasteiger partial charge in [-0.2, -0.15) is 0 Å². The van der Waals surface area contributed by atoms with Crippen LogP contribution in [-0.2, 0) is 0 Å². The second kappa shape index (κ2) is 7.34. The Kier molecular flexibility index (Phi) is 5.48. The van der Waals surface area contributed by atoms with Crippen molar-refractivity contribution >= 4 is 29.0 Å². The third-order valence-electron chi connectivity index (χ3n) is 2.73. The fraction of sp³-hybridized carbons (Fsp3) is 0.188. The predicted molar refractivity (Wildman–Crippen MR) is 83.9 cm³/mol. The van der Waals surface area contributed by atoms with Gasteiger partial charge in [0.05, 0.1) is 16.7 Å². The number of ether oxygens (including phenoxy) is 2. The van der Waals surface area contributed by atoms with Crippen molar-refractivity contribution in [3.05, 3.63) is 58.1 Å². The van der Waals surface area contributed by atoms with E-state index in [1.54, 1.807) is 24.3 Å². The lowest BCUT2D eigenvalue weighted by molar-refractivity contribution is 0.0921. The van der Waals surface area contributed by atoms with Crippen molar-refractivity contribution in [1.82, 2.24) is 0 Å². The van der Waals surface area contributed by atoms with E-state index in [9.17, 15) is 4.79 Å². The van der Waals surface area contributed by atoms with Gasteiger partial charge in [-0.05, 0) is 37.3 Å². The van der Waals surface area contributed by atoms with E-state index in [4.69, 9.17) is 32.7 Å².